The summed E-state index contributed by atoms with van der Waals surface area (Å²) in [5, 5.41) is 9.26. The minimum atomic E-state index is 0. The standard InChI is InChI=1S/C9H11NO.ClH/c10-9-5-2-6(9)4-7(9)3(5)8(2,4)1-11;/h2-7,11H,1,10H2;1H. The number of rotatable bonds is 1. The Morgan fingerprint density at radius 3 is 1.75 bits per heavy atom. The van der Waals surface area contributed by atoms with E-state index in [0.717, 1.165) is 35.5 Å². The molecule has 6 aliphatic rings. The third kappa shape index (κ3) is 0.217. The van der Waals surface area contributed by atoms with Crippen LogP contribution in [0.25, 0.3) is 0 Å². The van der Waals surface area contributed by atoms with Gasteiger partial charge in [0.25, 0.3) is 0 Å². The van der Waals surface area contributed by atoms with E-state index < -0.39 is 0 Å². The molecule has 0 atom stereocenters. The SMILES string of the molecule is Cl.NC12C3C4C1C1C2C3C41CO. The molecular weight excluding hydrogens is 174 g/mol. The highest BCUT2D eigenvalue weighted by Crippen LogP contribution is 3.06. The molecule has 0 radical (unpaired) electrons. The van der Waals surface area contributed by atoms with Gasteiger partial charge in [0.15, 0.2) is 0 Å². The van der Waals surface area contributed by atoms with E-state index in [1.807, 2.05) is 0 Å². The molecule has 0 aromatic carbocycles. The second kappa shape index (κ2) is 1.20. The Kier molecular flexibility index (Phi) is 0.663. The van der Waals surface area contributed by atoms with Gasteiger partial charge in [0, 0.05) is 17.6 Å². The summed E-state index contributed by atoms with van der Waals surface area (Å²) in [6.45, 7) is 0.465. The summed E-state index contributed by atoms with van der Waals surface area (Å²) in [4.78, 5) is 0. The van der Waals surface area contributed by atoms with E-state index in [9.17, 15) is 5.11 Å². The lowest BCUT2D eigenvalue weighted by Gasteiger charge is -3.10. The van der Waals surface area contributed by atoms with Crippen molar-refractivity contribution in [2.75, 3.05) is 6.61 Å². The molecule has 0 amide bonds. The second-order valence-corrected chi connectivity index (χ2v) is 5.43. The lowest BCUT2D eigenvalue weighted by molar-refractivity contribution is -0.623. The molecule has 12 heavy (non-hydrogen) atoms. The van der Waals surface area contributed by atoms with Crippen LogP contribution in [-0.2, 0) is 0 Å². The monoisotopic (exact) mass is 185 g/mol. The largest absolute Gasteiger partial charge is 0.396 e. The zero-order valence-electron chi connectivity index (χ0n) is 6.60. The molecule has 0 bridgehead atoms. The van der Waals surface area contributed by atoms with Gasteiger partial charge in [-0.1, -0.05) is 0 Å². The highest BCUT2D eigenvalue weighted by atomic mass is 35.5. The van der Waals surface area contributed by atoms with Crippen LogP contribution in [0.3, 0.4) is 0 Å². The van der Waals surface area contributed by atoms with Gasteiger partial charge in [-0.3, -0.25) is 0 Å². The lowest BCUT2D eigenvalue weighted by atomic mass is 8.94. The fourth-order valence-electron chi connectivity index (χ4n) is 6.15. The van der Waals surface area contributed by atoms with Crippen LogP contribution in [-0.4, -0.2) is 17.3 Å². The first-order chi connectivity index (χ1) is 5.29. The zero-order valence-corrected chi connectivity index (χ0v) is 7.42. The van der Waals surface area contributed by atoms with Crippen LogP contribution in [0.4, 0.5) is 0 Å². The van der Waals surface area contributed by atoms with Crippen molar-refractivity contribution in [1.82, 2.24) is 0 Å². The maximum Gasteiger partial charge on any atom is 0.0496 e. The van der Waals surface area contributed by atoms with Crippen molar-refractivity contribution in [2.24, 2.45) is 46.7 Å². The van der Waals surface area contributed by atoms with Crippen LogP contribution in [0.2, 0.25) is 0 Å². The van der Waals surface area contributed by atoms with Crippen molar-refractivity contribution in [3.63, 3.8) is 0 Å². The molecule has 0 aliphatic heterocycles. The molecule has 0 saturated heterocycles. The van der Waals surface area contributed by atoms with Crippen LogP contribution in [0.5, 0.6) is 0 Å². The molecule has 66 valence electrons. The van der Waals surface area contributed by atoms with E-state index in [2.05, 4.69) is 0 Å². The predicted octanol–water partition coefficient (Wildman–Crippen LogP) is -0.150. The van der Waals surface area contributed by atoms with Gasteiger partial charge in [-0.2, -0.15) is 0 Å². The second-order valence-electron chi connectivity index (χ2n) is 5.43. The first-order valence-electron chi connectivity index (χ1n) is 4.69. The molecule has 0 spiro atoms. The molecule has 0 aromatic heterocycles. The average molecular weight is 186 g/mol. The van der Waals surface area contributed by atoms with Crippen molar-refractivity contribution in [1.29, 1.82) is 0 Å². The summed E-state index contributed by atoms with van der Waals surface area (Å²) in [6, 6.07) is 0. The van der Waals surface area contributed by atoms with Crippen molar-refractivity contribution >= 4 is 12.4 Å². The summed E-state index contributed by atoms with van der Waals surface area (Å²) < 4.78 is 0. The predicted molar refractivity (Wildman–Crippen MR) is 44.6 cm³/mol. The summed E-state index contributed by atoms with van der Waals surface area (Å²) >= 11 is 0. The molecule has 6 rings (SSSR count). The Morgan fingerprint density at radius 1 is 1.00 bits per heavy atom. The molecule has 6 aliphatic carbocycles. The highest BCUT2D eigenvalue weighted by molar-refractivity contribution is 5.85. The molecule has 3 heteroatoms. The quantitative estimate of drug-likeness (QED) is 0.597. The van der Waals surface area contributed by atoms with Gasteiger partial charge in [0.1, 0.15) is 0 Å². The molecule has 0 aromatic rings. The maximum absolute atomic E-state index is 9.26. The third-order valence-electron chi connectivity index (χ3n) is 6.19. The average Bonchev–Trinajstić information content (AvgIpc) is 2.06. The van der Waals surface area contributed by atoms with Crippen molar-refractivity contribution in [3.05, 3.63) is 0 Å². The van der Waals surface area contributed by atoms with Gasteiger partial charge in [-0.25, -0.2) is 0 Å². The third-order valence-corrected chi connectivity index (χ3v) is 6.19. The molecule has 2 nitrogen and oxygen atoms in total. The molecule has 0 heterocycles. The van der Waals surface area contributed by atoms with E-state index in [4.69, 9.17) is 5.73 Å². The van der Waals surface area contributed by atoms with Crippen LogP contribution in [0.1, 0.15) is 0 Å². The Morgan fingerprint density at radius 2 is 1.42 bits per heavy atom. The number of aliphatic hydroxyl groups excluding tert-OH is 1. The van der Waals surface area contributed by atoms with Crippen molar-refractivity contribution in [2.45, 2.75) is 5.54 Å². The molecule has 6 saturated carbocycles. The fraction of sp³-hybridized carbons (Fsp3) is 1.00. The summed E-state index contributed by atoms with van der Waals surface area (Å²) in [7, 11) is 0. The zero-order chi connectivity index (χ0) is 7.17. The molecule has 3 N–H and O–H groups in total. The van der Waals surface area contributed by atoms with Gasteiger partial charge in [0.05, 0.1) is 0 Å². The van der Waals surface area contributed by atoms with E-state index in [-0.39, 0.29) is 12.4 Å². The fourth-order valence-corrected chi connectivity index (χ4v) is 6.15. The Balaban J connectivity index is 0.000000450. The first-order valence-corrected chi connectivity index (χ1v) is 4.69. The topological polar surface area (TPSA) is 46.2 Å². The lowest BCUT2D eigenvalue weighted by Crippen LogP contribution is -3.15. The Bertz CT molecular complexity index is 262. The molecule has 6 fully saturated rings. The number of halogens is 1. The maximum atomic E-state index is 9.26. The van der Waals surface area contributed by atoms with E-state index in [1.54, 1.807) is 0 Å². The van der Waals surface area contributed by atoms with Crippen molar-refractivity contribution in [3.8, 4) is 0 Å². The number of hydrogen-bond donors (Lipinski definition) is 2. The van der Waals surface area contributed by atoms with Gasteiger partial charge >= 0.3 is 0 Å². The van der Waals surface area contributed by atoms with Gasteiger partial charge in [-0.15, -0.1) is 12.4 Å². The number of nitrogens with two attached hydrogens (primary N) is 1. The van der Waals surface area contributed by atoms with Crippen LogP contribution in [0.15, 0.2) is 0 Å². The highest BCUT2D eigenvalue weighted by Gasteiger charge is 3.08. The van der Waals surface area contributed by atoms with Crippen molar-refractivity contribution < 1.29 is 5.11 Å². The first kappa shape index (κ1) is 6.63. The summed E-state index contributed by atoms with van der Waals surface area (Å²) in [6.07, 6.45) is 0. The summed E-state index contributed by atoms with van der Waals surface area (Å²) in [5.41, 5.74) is 7.00. The number of aliphatic hydroxyl groups is 1. The Labute approximate surface area is 76.9 Å². The Hall–Kier alpha value is 0.210. The van der Waals surface area contributed by atoms with E-state index in [1.165, 1.54) is 0 Å². The minimum Gasteiger partial charge on any atom is -0.396 e. The smallest absolute Gasteiger partial charge is 0.0496 e. The van der Waals surface area contributed by atoms with E-state index >= 15 is 0 Å². The van der Waals surface area contributed by atoms with E-state index in [0.29, 0.717) is 17.6 Å². The molecule has 0 unspecified atom stereocenters. The van der Waals surface area contributed by atoms with Crippen LogP contribution < -0.4 is 5.73 Å². The van der Waals surface area contributed by atoms with Gasteiger partial charge in [0.2, 0.25) is 0 Å². The van der Waals surface area contributed by atoms with Crippen LogP contribution >= 0.6 is 12.4 Å². The molecular formula is C9H12ClNO. The summed E-state index contributed by atoms with van der Waals surface area (Å²) in [5.74, 6) is 5.27. The van der Waals surface area contributed by atoms with Gasteiger partial charge in [-0.05, 0) is 35.5 Å². The normalized spacial score (nSPS) is 87.5. The van der Waals surface area contributed by atoms with Crippen LogP contribution in [0, 0.1) is 40.9 Å². The number of hydrogen-bond acceptors (Lipinski definition) is 2. The minimum absolute atomic E-state index is 0. The van der Waals surface area contributed by atoms with Gasteiger partial charge < -0.3 is 10.8 Å².